The van der Waals surface area contributed by atoms with Crippen LogP contribution in [0.25, 0.3) is 0 Å². The molecule has 1 N–H and O–H groups in total. The summed E-state index contributed by atoms with van der Waals surface area (Å²) < 4.78 is 7.91. The van der Waals surface area contributed by atoms with E-state index in [9.17, 15) is 0 Å². The minimum Gasteiger partial charge on any atom is -0.378 e. The topological polar surface area (TPSA) is 52.0 Å². The van der Waals surface area contributed by atoms with Crippen molar-refractivity contribution in [3.8, 4) is 0 Å². The van der Waals surface area contributed by atoms with E-state index < -0.39 is 0 Å². The Kier molecular flexibility index (Phi) is 7.16. The molecule has 1 aliphatic rings. The van der Waals surface area contributed by atoms with E-state index in [1.807, 2.05) is 6.20 Å². The molecular formula is C16H30N4O. The van der Waals surface area contributed by atoms with Crippen molar-refractivity contribution in [2.24, 2.45) is 0 Å². The number of aryl methyl sites for hydroxylation is 1. The summed E-state index contributed by atoms with van der Waals surface area (Å²) in [6.45, 7) is 7.30. The van der Waals surface area contributed by atoms with Crippen LogP contribution in [0.15, 0.2) is 6.20 Å². The van der Waals surface area contributed by atoms with Crippen LogP contribution < -0.4 is 5.32 Å². The Hall–Kier alpha value is -0.940. The average Bonchev–Trinajstić information content (AvgIpc) is 2.97. The average molecular weight is 294 g/mol. The first-order chi connectivity index (χ1) is 10.3. The molecule has 2 rings (SSSR count). The van der Waals surface area contributed by atoms with Gasteiger partial charge in [0.15, 0.2) is 0 Å². The maximum absolute atomic E-state index is 5.86. The third-order valence-electron chi connectivity index (χ3n) is 4.13. The summed E-state index contributed by atoms with van der Waals surface area (Å²) in [4.78, 5) is 0. The molecule has 0 amide bonds. The molecule has 0 aliphatic carbocycles. The van der Waals surface area contributed by atoms with Crippen LogP contribution in [0.5, 0.6) is 0 Å². The van der Waals surface area contributed by atoms with Gasteiger partial charge in [-0.15, -0.1) is 5.10 Å². The summed E-state index contributed by atoms with van der Waals surface area (Å²) in [5, 5.41) is 12.0. The molecule has 0 radical (unpaired) electrons. The molecule has 5 nitrogen and oxygen atoms in total. The smallest absolute Gasteiger partial charge is 0.0756 e. The lowest BCUT2D eigenvalue weighted by Gasteiger charge is -2.25. The number of hydrogen-bond donors (Lipinski definition) is 1. The highest BCUT2D eigenvalue weighted by Crippen LogP contribution is 2.23. The molecule has 1 saturated heterocycles. The van der Waals surface area contributed by atoms with Crippen molar-refractivity contribution < 1.29 is 4.74 Å². The lowest BCUT2D eigenvalue weighted by molar-refractivity contribution is 0.00840. The summed E-state index contributed by atoms with van der Waals surface area (Å²) in [6, 6.07) is 0.344. The highest BCUT2D eigenvalue weighted by atomic mass is 16.5. The molecule has 0 saturated carbocycles. The van der Waals surface area contributed by atoms with Gasteiger partial charge in [-0.05, 0) is 51.5 Å². The van der Waals surface area contributed by atoms with Crippen molar-refractivity contribution >= 4 is 0 Å². The minimum absolute atomic E-state index is 0.344. The number of rotatable bonds is 9. The summed E-state index contributed by atoms with van der Waals surface area (Å²) in [5.41, 5.74) is 1.22. The van der Waals surface area contributed by atoms with Crippen LogP contribution >= 0.6 is 0 Å². The standard InChI is InChI=1S/C16H30N4O/c1-3-10-17-15(9-8-14-7-5-6-12-21-14)16-13-18-19-20(16)11-4-2/h13-15,17H,3-12H2,1-2H3. The van der Waals surface area contributed by atoms with Crippen molar-refractivity contribution in [3.63, 3.8) is 0 Å². The third kappa shape index (κ3) is 5.08. The van der Waals surface area contributed by atoms with Gasteiger partial charge in [-0.3, -0.25) is 0 Å². The number of aromatic nitrogens is 3. The Morgan fingerprint density at radius 2 is 2.29 bits per heavy atom. The van der Waals surface area contributed by atoms with E-state index in [0.29, 0.717) is 12.1 Å². The van der Waals surface area contributed by atoms with E-state index in [1.165, 1.54) is 25.0 Å². The summed E-state index contributed by atoms with van der Waals surface area (Å²) in [5.74, 6) is 0. The summed E-state index contributed by atoms with van der Waals surface area (Å²) in [7, 11) is 0. The van der Waals surface area contributed by atoms with Crippen LogP contribution in [-0.2, 0) is 11.3 Å². The van der Waals surface area contributed by atoms with Gasteiger partial charge in [0.2, 0.25) is 0 Å². The monoisotopic (exact) mass is 294 g/mol. The molecule has 0 spiro atoms. The SMILES string of the molecule is CCCNC(CCC1CCCCO1)c1cnnn1CCC. The van der Waals surface area contributed by atoms with Crippen LogP contribution in [0.3, 0.4) is 0 Å². The largest absolute Gasteiger partial charge is 0.378 e. The fourth-order valence-corrected chi connectivity index (χ4v) is 2.98. The second-order valence-corrected chi connectivity index (χ2v) is 5.95. The maximum Gasteiger partial charge on any atom is 0.0756 e. The first-order valence-corrected chi connectivity index (χ1v) is 8.58. The lowest BCUT2D eigenvalue weighted by atomic mass is 10.00. The maximum atomic E-state index is 5.86. The molecule has 2 heterocycles. The van der Waals surface area contributed by atoms with Gasteiger partial charge in [-0.2, -0.15) is 0 Å². The molecule has 0 bridgehead atoms. The van der Waals surface area contributed by atoms with E-state index in [4.69, 9.17) is 4.74 Å². The van der Waals surface area contributed by atoms with E-state index in [1.54, 1.807) is 0 Å². The number of nitrogens with one attached hydrogen (secondary N) is 1. The molecular weight excluding hydrogens is 264 g/mol. The zero-order valence-electron chi connectivity index (χ0n) is 13.6. The molecule has 1 aromatic heterocycles. The van der Waals surface area contributed by atoms with E-state index in [2.05, 4.69) is 34.2 Å². The van der Waals surface area contributed by atoms with Gasteiger partial charge in [0.1, 0.15) is 0 Å². The Morgan fingerprint density at radius 3 is 3.00 bits per heavy atom. The van der Waals surface area contributed by atoms with Gasteiger partial charge in [-0.1, -0.05) is 19.1 Å². The van der Waals surface area contributed by atoms with Gasteiger partial charge >= 0.3 is 0 Å². The third-order valence-corrected chi connectivity index (χ3v) is 4.13. The second kappa shape index (κ2) is 9.15. The first-order valence-electron chi connectivity index (χ1n) is 8.58. The van der Waals surface area contributed by atoms with Crippen molar-refractivity contribution in [1.29, 1.82) is 0 Å². The predicted molar refractivity (Wildman–Crippen MR) is 84.2 cm³/mol. The van der Waals surface area contributed by atoms with Crippen LogP contribution in [0, 0.1) is 0 Å². The Bertz CT molecular complexity index is 387. The van der Waals surface area contributed by atoms with E-state index in [-0.39, 0.29) is 0 Å². The second-order valence-electron chi connectivity index (χ2n) is 5.95. The fraction of sp³-hybridized carbons (Fsp3) is 0.875. The van der Waals surface area contributed by atoms with Gasteiger partial charge in [0, 0.05) is 13.2 Å². The van der Waals surface area contributed by atoms with Gasteiger partial charge in [0.05, 0.1) is 24.0 Å². The lowest BCUT2D eigenvalue weighted by Crippen LogP contribution is -2.27. The van der Waals surface area contributed by atoms with Gasteiger partial charge in [-0.25, -0.2) is 4.68 Å². The van der Waals surface area contributed by atoms with Crippen LogP contribution in [0.4, 0.5) is 0 Å². The number of nitrogens with zero attached hydrogens (tertiary/aromatic N) is 3. The van der Waals surface area contributed by atoms with Crippen LogP contribution in [0.2, 0.25) is 0 Å². The highest BCUT2D eigenvalue weighted by Gasteiger charge is 2.20. The van der Waals surface area contributed by atoms with Crippen LogP contribution in [-0.4, -0.2) is 34.2 Å². The van der Waals surface area contributed by atoms with Crippen molar-refractivity contribution in [2.75, 3.05) is 13.2 Å². The predicted octanol–water partition coefficient (Wildman–Crippen LogP) is 3.08. The Balaban J connectivity index is 1.94. The molecule has 1 fully saturated rings. The molecule has 1 aliphatic heterocycles. The Morgan fingerprint density at radius 1 is 1.38 bits per heavy atom. The van der Waals surface area contributed by atoms with Crippen LogP contribution in [0.1, 0.15) is 70.5 Å². The minimum atomic E-state index is 0.344. The molecule has 1 aromatic rings. The zero-order chi connectivity index (χ0) is 14.9. The molecule has 2 unspecified atom stereocenters. The quantitative estimate of drug-likeness (QED) is 0.760. The molecule has 2 atom stereocenters. The fourth-order valence-electron chi connectivity index (χ4n) is 2.98. The van der Waals surface area contributed by atoms with Crippen molar-refractivity contribution in [1.82, 2.24) is 20.3 Å². The molecule has 0 aromatic carbocycles. The summed E-state index contributed by atoms with van der Waals surface area (Å²) in [6.07, 6.45) is 10.6. The normalized spacial score (nSPS) is 20.6. The first kappa shape index (κ1) is 16.4. The number of hydrogen-bond acceptors (Lipinski definition) is 4. The van der Waals surface area contributed by atoms with Crippen molar-refractivity contribution in [3.05, 3.63) is 11.9 Å². The zero-order valence-corrected chi connectivity index (χ0v) is 13.6. The van der Waals surface area contributed by atoms with Gasteiger partial charge in [0.25, 0.3) is 0 Å². The number of ether oxygens (including phenoxy) is 1. The van der Waals surface area contributed by atoms with Gasteiger partial charge < -0.3 is 10.1 Å². The summed E-state index contributed by atoms with van der Waals surface area (Å²) >= 11 is 0. The molecule has 120 valence electrons. The Labute approximate surface area is 128 Å². The molecule has 5 heteroatoms. The van der Waals surface area contributed by atoms with Crippen molar-refractivity contribution in [2.45, 2.75) is 77.5 Å². The highest BCUT2D eigenvalue weighted by molar-refractivity contribution is 5.02. The van der Waals surface area contributed by atoms with E-state index in [0.717, 1.165) is 45.4 Å². The van der Waals surface area contributed by atoms with E-state index >= 15 is 0 Å². The molecule has 21 heavy (non-hydrogen) atoms.